The number of hydrogen-bond acceptors (Lipinski definition) is 3. The van der Waals surface area contributed by atoms with Gasteiger partial charge in [-0.1, -0.05) is 12.8 Å². The van der Waals surface area contributed by atoms with E-state index in [0.717, 1.165) is 38.5 Å². The van der Waals surface area contributed by atoms with Gasteiger partial charge in [0.1, 0.15) is 11.1 Å². The number of carbonyl (C=O) groups excluding carboxylic acids is 2. The molecule has 118 valence electrons. The van der Waals surface area contributed by atoms with Crippen molar-refractivity contribution in [3.05, 3.63) is 0 Å². The van der Waals surface area contributed by atoms with E-state index in [1.165, 1.54) is 0 Å². The van der Waals surface area contributed by atoms with Gasteiger partial charge in [0.25, 0.3) is 0 Å². The average molecular weight is 294 g/mol. The summed E-state index contributed by atoms with van der Waals surface area (Å²) in [5.74, 6) is 0.471. The van der Waals surface area contributed by atoms with Crippen molar-refractivity contribution in [3.63, 3.8) is 0 Å². The molecule has 5 nitrogen and oxygen atoms in total. The Bertz CT molecular complexity index is 441. The normalized spacial score (nSPS) is 31.8. The van der Waals surface area contributed by atoms with E-state index < -0.39 is 11.1 Å². The number of nitrogens with zero attached hydrogens (tertiary/aromatic N) is 1. The molecule has 0 aromatic rings. The molecule has 21 heavy (non-hydrogen) atoms. The Balaban J connectivity index is 1.87. The van der Waals surface area contributed by atoms with Crippen molar-refractivity contribution in [3.8, 4) is 0 Å². The molecular weight excluding hydrogens is 268 g/mol. The third-order valence-corrected chi connectivity index (χ3v) is 5.52. The number of carbonyl (C=O) groups is 2. The Kier molecular flexibility index (Phi) is 3.72. The fourth-order valence-electron chi connectivity index (χ4n) is 3.99. The third kappa shape index (κ3) is 2.26. The average Bonchev–Trinajstić information content (AvgIpc) is 3.22. The summed E-state index contributed by atoms with van der Waals surface area (Å²) in [6.07, 6.45) is 5.68. The van der Waals surface area contributed by atoms with E-state index in [1.54, 1.807) is 0 Å². The highest BCUT2D eigenvalue weighted by molar-refractivity contribution is 6.02. The standard InChI is InChI=1S/C16H26N2O3/c1-3-21-11-10-18-14(20)16(8-4-5-9-16)17-13(19)15(18,2)12-6-7-12/h12H,3-11H2,1-2H3,(H,17,19). The number of hydrogen-bond donors (Lipinski definition) is 1. The first-order chi connectivity index (χ1) is 10.0. The van der Waals surface area contributed by atoms with Gasteiger partial charge in [0.15, 0.2) is 0 Å². The second-order valence-corrected chi connectivity index (χ2v) is 6.82. The summed E-state index contributed by atoms with van der Waals surface area (Å²) in [6, 6.07) is 0. The van der Waals surface area contributed by atoms with E-state index in [1.807, 2.05) is 18.7 Å². The van der Waals surface area contributed by atoms with Crippen molar-refractivity contribution in [1.29, 1.82) is 0 Å². The molecule has 1 spiro atoms. The van der Waals surface area contributed by atoms with Crippen LogP contribution in [0.25, 0.3) is 0 Å². The first-order valence-electron chi connectivity index (χ1n) is 8.27. The van der Waals surface area contributed by atoms with Crippen molar-refractivity contribution >= 4 is 11.8 Å². The fourth-order valence-corrected chi connectivity index (χ4v) is 3.99. The number of amides is 2. The summed E-state index contributed by atoms with van der Waals surface area (Å²) < 4.78 is 5.44. The molecule has 3 rings (SSSR count). The molecule has 0 radical (unpaired) electrons. The van der Waals surface area contributed by atoms with Gasteiger partial charge >= 0.3 is 0 Å². The van der Waals surface area contributed by atoms with Crippen LogP contribution in [0.3, 0.4) is 0 Å². The van der Waals surface area contributed by atoms with Crippen LogP contribution < -0.4 is 5.32 Å². The lowest BCUT2D eigenvalue weighted by Crippen LogP contribution is -2.75. The van der Waals surface area contributed by atoms with Gasteiger partial charge in [-0.2, -0.15) is 0 Å². The Morgan fingerprint density at radius 2 is 1.95 bits per heavy atom. The highest BCUT2D eigenvalue weighted by atomic mass is 16.5. The summed E-state index contributed by atoms with van der Waals surface area (Å²) in [5.41, 5.74) is -1.31. The van der Waals surface area contributed by atoms with Crippen LogP contribution in [0.4, 0.5) is 0 Å². The smallest absolute Gasteiger partial charge is 0.249 e. The maximum Gasteiger partial charge on any atom is 0.249 e. The quantitative estimate of drug-likeness (QED) is 0.781. The van der Waals surface area contributed by atoms with Crippen LogP contribution in [-0.2, 0) is 14.3 Å². The molecule has 2 saturated carbocycles. The first kappa shape index (κ1) is 14.8. The summed E-state index contributed by atoms with van der Waals surface area (Å²) in [4.78, 5) is 27.7. The highest BCUT2D eigenvalue weighted by Gasteiger charge is 2.61. The van der Waals surface area contributed by atoms with Gasteiger partial charge in [-0.05, 0) is 45.4 Å². The third-order valence-electron chi connectivity index (χ3n) is 5.52. The molecule has 0 aromatic carbocycles. The number of rotatable bonds is 5. The monoisotopic (exact) mass is 294 g/mol. The van der Waals surface area contributed by atoms with Gasteiger partial charge in [-0.15, -0.1) is 0 Å². The molecule has 1 saturated heterocycles. The van der Waals surface area contributed by atoms with Gasteiger partial charge in [0.05, 0.1) is 6.61 Å². The van der Waals surface area contributed by atoms with Crippen molar-refractivity contribution in [2.45, 2.75) is 63.5 Å². The fraction of sp³-hybridized carbons (Fsp3) is 0.875. The van der Waals surface area contributed by atoms with Gasteiger partial charge in [-0.25, -0.2) is 0 Å². The van der Waals surface area contributed by atoms with Crippen molar-refractivity contribution in [2.24, 2.45) is 5.92 Å². The molecule has 2 amide bonds. The van der Waals surface area contributed by atoms with Crippen LogP contribution >= 0.6 is 0 Å². The molecule has 3 fully saturated rings. The van der Waals surface area contributed by atoms with E-state index >= 15 is 0 Å². The van der Waals surface area contributed by atoms with Crippen LogP contribution in [-0.4, -0.2) is 47.6 Å². The van der Waals surface area contributed by atoms with Crippen LogP contribution in [0.2, 0.25) is 0 Å². The van der Waals surface area contributed by atoms with E-state index in [2.05, 4.69) is 5.32 Å². The van der Waals surface area contributed by atoms with Crippen molar-refractivity contribution in [2.75, 3.05) is 19.8 Å². The largest absolute Gasteiger partial charge is 0.380 e. The number of piperazine rings is 1. The molecule has 0 bridgehead atoms. The Hall–Kier alpha value is -1.10. The second kappa shape index (κ2) is 5.27. The van der Waals surface area contributed by atoms with Gasteiger partial charge in [-0.3, -0.25) is 9.59 Å². The first-order valence-corrected chi connectivity index (χ1v) is 8.27. The maximum atomic E-state index is 13.1. The highest BCUT2D eigenvalue weighted by Crippen LogP contribution is 2.47. The number of ether oxygens (including phenoxy) is 1. The Morgan fingerprint density at radius 3 is 2.52 bits per heavy atom. The summed E-state index contributed by atoms with van der Waals surface area (Å²) in [7, 11) is 0. The molecule has 1 unspecified atom stereocenters. The molecule has 5 heteroatoms. The minimum atomic E-state index is -0.679. The molecule has 1 atom stereocenters. The van der Waals surface area contributed by atoms with Gasteiger partial charge < -0.3 is 15.0 Å². The topological polar surface area (TPSA) is 58.6 Å². The molecule has 1 N–H and O–H groups in total. The van der Waals surface area contributed by atoms with Gasteiger partial charge in [0.2, 0.25) is 11.8 Å². The van der Waals surface area contributed by atoms with E-state index in [-0.39, 0.29) is 11.8 Å². The minimum Gasteiger partial charge on any atom is -0.380 e. The second-order valence-electron chi connectivity index (χ2n) is 6.82. The molecule has 1 heterocycles. The Labute approximate surface area is 126 Å². The molecular formula is C16H26N2O3. The lowest BCUT2D eigenvalue weighted by atomic mass is 9.82. The van der Waals surface area contributed by atoms with Crippen LogP contribution in [0.15, 0.2) is 0 Å². The maximum absolute atomic E-state index is 13.1. The lowest BCUT2D eigenvalue weighted by molar-refractivity contribution is -0.164. The zero-order chi connectivity index (χ0) is 15.1. The van der Waals surface area contributed by atoms with Crippen LogP contribution in [0.5, 0.6) is 0 Å². The lowest BCUT2D eigenvalue weighted by Gasteiger charge is -2.50. The molecule has 2 aliphatic carbocycles. The van der Waals surface area contributed by atoms with E-state index in [0.29, 0.717) is 25.7 Å². The predicted octanol–water partition coefficient (Wildman–Crippen LogP) is 1.46. The SMILES string of the molecule is CCOCCN1C(=O)C2(CCCC2)NC(=O)C1(C)C1CC1. The Morgan fingerprint density at radius 1 is 1.29 bits per heavy atom. The van der Waals surface area contributed by atoms with Crippen molar-refractivity contribution < 1.29 is 14.3 Å². The predicted molar refractivity (Wildman–Crippen MR) is 78.7 cm³/mol. The van der Waals surface area contributed by atoms with Crippen LogP contribution in [0, 0.1) is 5.92 Å². The molecule has 0 aromatic heterocycles. The minimum absolute atomic E-state index is 0.0444. The summed E-state index contributed by atoms with van der Waals surface area (Å²) in [5, 5.41) is 3.10. The van der Waals surface area contributed by atoms with Crippen LogP contribution in [0.1, 0.15) is 52.4 Å². The van der Waals surface area contributed by atoms with Crippen molar-refractivity contribution in [1.82, 2.24) is 10.2 Å². The van der Waals surface area contributed by atoms with E-state index in [9.17, 15) is 9.59 Å². The molecule has 3 aliphatic rings. The number of nitrogens with one attached hydrogen (secondary N) is 1. The van der Waals surface area contributed by atoms with Gasteiger partial charge in [0, 0.05) is 13.2 Å². The van der Waals surface area contributed by atoms with E-state index in [4.69, 9.17) is 4.74 Å². The zero-order valence-electron chi connectivity index (χ0n) is 13.1. The summed E-state index contributed by atoms with van der Waals surface area (Å²) in [6.45, 7) is 5.55. The zero-order valence-corrected chi connectivity index (χ0v) is 13.1. The molecule has 1 aliphatic heterocycles. The summed E-state index contributed by atoms with van der Waals surface area (Å²) >= 11 is 0.